The Bertz CT molecular complexity index is 334. The quantitative estimate of drug-likeness (QED) is 0.784. The zero-order valence-electron chi connectivity index (χ0n) is 9.72. The summed E-state index contributed by atoms with van der Waals surface area (Å²) < 4.78 is 1.66. The van der Waals surface area contributed by atoms with E-state index >= 15 is 0 Å². The molecule has 3 heteroatoms. The highest BCUT2D eigenvalue weighted by Gasteiger charge is 2.00. The monoisotopic (exact) mass is 198 g/mol. The van der Waals surface area contributed by atoms with Crippen LogP contribution in [0.15, 0.2) is 16.9 Å². The van der Waals surface area contributed by atoms with Gasteiger partial charge >= 0.3 is 0 Å². The van der Waals surface area contributed by atoms with Gasteiger partial charge < -0.3 is 9.88 Å². The largest absolute Gasteiger partial charge is 0.316 e. The van der Waals surface area contributed by atoms with Crippen molar-refractivity contribution in [3.63, 3.8) is 0 Å². The lowest BCUT2D eigenvalue weighted by molar-refractivity contribution is 0.752. The summed E-state index contributed by atoms with van der Waals surface area (Å²) in [6.07, 6.45) is 0. The minimum Gasteiger partial charge on any atom is -0.316 e. The summed E-state index contributed by atoms with van der Waals surface area (Å²) in [5, 5.41) is 2.96. The van der Waals surface area contributed by atoms with Gasteiger partial charge in [0.2, 0.25) is 0 Å². The van der Waals surface area contributed by atoms with Crippen LogP contribution in [0.25, 0.3) is 0 Å². The van der Waals surface area contributed by atoms with Gasteiger partial charge in [-0.2, -0.15) is 0 Å². The van der Waals surface area contributed by atoms with Crippen molar-refractivity contribution in [1.29, 1.82) is 0 Å². The first-order valence-electron chi connectivity index (χ1n) is 4.97. The Hall–Kier alpha value is -1.09. The number of nitrogens with zero attached hydrogens (tertiary/aromatic N) is 1. The van der Waals surface area contributed by atoms with Gasteiger partial charge in [0.15, 0.2) is 0 Å². The fourth-order valence-electron chi connectivity index (χ4n) is 1.10. The molecule has 0 radical (unpaired) electrons. The van der Waals surface area contributed by atoms with Crippen LogP contribution in [0.2, 0.25) is 0 Å². The predicted molar refractivity (Wildman–Crippen MR) is 62.6 cm³/mol. The van der Waals surface area contributed by atoms with Gasteiger partial charge in [0.05, 0.1) is 0 Å². The van der Waals surface area contributed by atoms with Crippen molar-refractivity contribution in [2.75, 3.05) is 7.05 Å². The first kappa shape index (κ1) is 12.9. The van der Waals surface area contributed by atoms with Crippen LogP contribution >= 0.6 is 0 Å². The van der Waals surface area contributed by atoms with Gasteiger partial charge in [-0.3, -0.25) is 4.79 Å². The molecule has 0 spiro atoms. The van der Waals surface area contributed by atoms with E-state index in [1.54, 1.807) is 11.6 Å². The molecule has 0 saturated heterocycles. The van der Waals surface area contributed by atoms with E-state index in [1.165, 1.54) is 0 Å². The fourth-order valence-corrected chi connectivity index (χ4v) is 1.10. The molecule has 0 amide bonds. The molecule has 14 heavy (non-hydrogen) atoms. The molecule has 1 aromatic heterocycles. The van der Waals surface area contributed by atoms with E-state index < -0.39 is 0 Å². The minimum absolute atomic E-state index is 0. The van der Waals surface area contributed by atoms with Crippen molar-refractivity contribution in [2.45, 2.75) is 27.3 Å². The van der Waals surface area contributed by atoms with Crippen molar-refractivity contribution in [1.82, 2.24) is 9.88 Å². The summed E-state index contributed by atoms with van der Waals surface area (Å²) >= 11 is 0. The molecule has 1 aromatic rings. The number of hydrogen-bond donors (Lipinski definition) is 1. The molecule has 0 unspecified atom stereocenters. The minimum atomic E-state index is 0. The van der Waals surface area contributed by atoms with Crippen LogP contribution in [0.5, 0.6) is 0 Å². The zero-order valence-corrected chi connectivity index (χ0v) is 9.72. The number of hydrogen-bond acceptors (Lipinski definition) is 2. The third kappa shape index (κ3) is 3.00. The number of rotatable bonds is 2. The van der Waals surface area contributed by atoms with Crippen molar-refractivity contribution < 1.29 is 1.43 Å². The summed E-state index contributed by atoms with van der Waals surface area (Å²) in [4.78, 5) is 11.5. The van der Waals surface area contributed by atoms with Crippen LogP contribution in [0.1, 0.15) is 26.5 Å². The first-order chi connectivity index (χ1) is 6.66. The van der Waals surface area contributed by atoms with Gasteiger partial charge in [0.25, 0.3) is 5.56 Å². The highest BCUT2D eigenvalue weighted by Crippen LogP contribution is 1.95. The highest BCUT2D eigenvalue weighted by atomic mass is 16.1. The number of aromatic nitrogens is 1. The van der Waals surface area contributed by atoms with Crippen LogP contribution in [0.3, 0.4) is 0 Å². The number of nitrogens with one attached hydrogen (secondary N) is 1. The topological polar surface area (TPSA) is 34.0 Å². The average molecular weight is 198 g/mol. The molecule has 0 aliphatic rings. The third-order valence-corrected chi connectivity index (χ3v) is 2.00. The summed E-state index contributed by atoms with van der Waals surface area (Å²) in [6.45, 7) is 6.55. The van der Waals surface area contributed by atoms with Crippen molar-refractivity contribution in [2.24, 2.45) is 7.05 Å². The van der Waals surface area contributed by atoms with Gasteiger partial charge in [-0.15, -0.1) is 0 Å². The molecule has 3 nitrogen and oxygen atoms in total. The molecule has 0 bridgehead atoms. The third-order valence-electron chi connectivity index (χ3n) is 2.00. The standard InChI is InChI=1S/C9H14N2O.C2H6.H2/c1-7-4-5-8(6-10-2)9(12)11(7)3;1-2;/h4-5,10H,6H2,1-3H3;1-2H3;1H. The Kier molecular flexibility index (Phi) is 5.88. The van der Waals surface area contributed by atoms with E-state index in [2.05, 4.69) is 5.32 Å². The summed E-state index contributed by atoms with van der Waals surface area (Å²) in [7, 11) is 3.62. The Balaban J connectivity index is 0. The van der Waals surface area contributed by atoms with Crippen molar-refractivity contribution in [3.05, 3.63) is 33.7 Å². The van der Waals surface area contributed by atoms with Gasteiger partial charge in [0.1, 0.15) is 0 Å². The second-order valence-electron chi connectivity index (χ2n) is 2.89. The number of pyridine rings is 1. The number of aryl methyl sites for hydroxylation is 1. The van der Waals surface area contributed by atoms with E-state index in [0.717, 1.165) is 11.3 Å². The van der Waals surface area contributed by atoms with E-state index in [0.29, 0.717) is 6.54 Å². The molecule has 0 aliphatic carbocycles. The SMILES string of the molecule is CC.CNCc1ccc(C)n(C)c1=O.[HH]. The molecule has 0 aromatic carbocycles. The van der Waals surface area contributed by atoms with Gasteiger partial charge in [-0.1, -0.05) is 19.9 Å². The lowest BCUT2D eigenvalue weighted by Crippen LogP contribution is -2.25. The fraction of sp³-hybridized carbons (Fsp3) is 0.545. The second kappa shape index (κ2) is 6.38. The molecule has 1 N–H and O–H groups in total. The van der Waals surface area contributed by atoms with Gasteiger partial charge in [-0.05, 0) is 20.0 Å². The Morgan fingerprint density at radius 2 is 2.00 bits per heavy atom. The summed E-state index contributed by atoms with van der Waals surface area (Å²) in [5.41, 5.74) is 1.88. The van der Waals surface area contributed by atoms with Crippen molar-refractivity contribution in [3.8, 4) is 0 Å². The van der Waals surface area contributed by atoms with Crippen LogP contribution in [0.4, 0.5) is 0 Å². The van der Waals surface area contributed by atoms with Gasteiger partial charge in [0, 0.05) is 26.3 Å². The molecule has 0 aliphatic heterocycles. The zero-order chi connectivity index (χ0) is 11.1. The lowest BCUT2D eigenvalue weighted by atomic mass is 10.2. The Morgan fingerprint density at radius 3 is 2.50 bits per heavy atom. The smallest absolute Gasteiger partial charge is 0.254 e. The van der Waals surface area contributed by atoms with Crippen LogP contribution in [0, 0.1) is 6.92 Å². The van der Waals surface area contributed by atoms with E-state index in [-0.39, 0.29) is 6.99 Å². The van der Waals surface area contributed by atoms with E-state index in [4.69, 9.17) is 0 Å². The van der Waals surface area contributed by atoms with Crippen molar-refractivity contribution >= 4 is 0 Å². The highest BCUT2D eigenvalue weighted by molar-refractivity contribution is 5.14. The van der Waals surface area contributed by atoms with Gasteiger partial charge in [-0.25, -0.2) is 0 Å². The van der Waals surface area contributed by atoms with Crippen LogP contribution < -0.4 is 10.9 Å². The maximum atomic E-state index is 11.5. The molecule has 0 saturated carbocycles. The molecule has 1 rings (SSSR count). The molecule has 0 atom stereocenters. The molecule has 1 heterocycles. The van der Waals surface area contributed by atoms with E-state index in [9.17, 15) is 4.79 Å². The van der Waals surface area contributed by atoms with E-state index in [1.807, 2.05) is 40.0 Å². The molecular weight excluding hydrogens is 176 g/mol. The summed E-state index contributed by atoms with van der Waals surface area (Å²) in [6, 6.07) is 3.82. The molecule has 82 valence electrons. The lowest BCUT2D eigenvalue weighted by Gasteiger charge is -2.05. The van der Waals surface area contributed by atoms with Crippen LogP contribution in [-0.2, 0) is 13.6 Å². The normalized spacial score (nSPS) is 9.21. The Labute approximate surface area is 87.3 Å². The molecular formula is C11H22N2O. The summed E-state index contributed by atoms with van der Waals surface area (Å²) in [5.74, 6) is 0. The maximum absolute atomic E-state index is 11.5. The van der Waals surface area contributed by atoms with Crippen LogP contribution in [-0.4, -0.2) is 11.6 Å². The molecule has 0 fully saturated rings. The predicted octanol–water partition coefficient (Wildman–Crippen LogP) is 1.69. The average Bonchev–Trinajstić information content (AvgIpc) is 2.22. The Morgan fingerprint density at radius 1 is 1.43 bits per heavy atom. The maximum Gasteiger partial charge on any atom is 0.254 e. The second-order valence-corrected chi connectivity index (χ2v) is 2.89. The first-order valence-corrected chi connectivity index (χ1v) is 4.97.